The maximum absolute atomic E-state index is 13.4. The fraction of sp³-hybridized carbons (Fsp3) is 0.261. The number of amides is 1. The van der Waals surface area contributed by atoms with E-state index in [1.165, 1.54) is 23.0 Å². The summed E-state index contributed by atoms with van der Waals surface area (Å²) in [6.45, 7) is 3.71. The topological polar surface area (TPSA) is 80.3 Å². The first-order valence-corrected chi connectivity index (χ1v) is 10.4. The minimum Gasteiger partial charge on any atom is -0.352 e. The van der Waals surface area contributed by atoms with Gasteiger partial charge in [0, 0.05) is 38.1 Å². The third-order valence-electron chi connectivity index (χ3n) is 5.96. The van der Waals surface area contributed by atoms with Crippen molar-refractivity contribution in [2.24, 2.45) is 5.73 Å². The number of halogens is 2. The van der Waals surface area contributed by atoms with Crippen molar-refractivity contribution in [3.8, 4) is 0 Å². The summed E-state index contributed by atoms with van der Waals surface area (Å²) in [6, 6.07) is 11.8. The van der Waals surface area contributed by atoms with E-state index in [9.17, 15) is 13.6 Å². The van der Waals surface area contributed by atoms with E-state index in [1.807, 2.05) is 0 Å². The second kappa shape index (κ2) is 8.16. The molecule has 1 aliphatic heterocycles. The molecule has 0 aliphatic carbocycles. The number of nitrogens with zero attached hydrogens (tertiary/aromatic N) is 5. The third kappa shape index (κ3) is 3.54. The summed E-state index contributed by atoms with van der Waals surface area (Å²) >= 11 is 0. The molecule has 0 spiro atoms. The maximum atomic E-state index is 13.4. The Morgan fingerprint density at radius 1 is 1.09 bits per heavy atom. The number of piperazine rings is 1. The first-order valence-electron chi connectivity index (χ1n) is 10.4. The van der Waals surface area contributed by atoms with Crippen LogP contribution in [-0.4, -0.2) is 58.2 Å². The van der Waals surface area contributed by atoms with E-state index >= 15 is 0 Å². The zero-order valence-electron chi connectivity index (χ0n) is 17.3. The van der Waals surface area contributed by atoms with Crippen LogP contribution in [0.15, 0.2) is 42.7 Å². The van der Waals surface area contributed by atoms with Crippen molar-refractivity contribution in [1.82, 2.24) is 19.4 Å². The Bertz CT molecular complexity index is 1310. The predicted molar refractivity (Wildman–Crippen MR) is 118 cm³/mol. The van der Waals surface area contributed by atoms with Gasteiger partial charge in [-0.3, -0.25) is 9.47 Å². The molecule has 2 N–H and O–H groups in total. The Morgan fingerprint density at radius 3 is 2.66 bits per heavy atom. The summed E-state index contributed by atoms with van der Waals surface area (Å²) in [6.07, 6.45) is 2.15. The van der Waals surface area contributed by atoms with Gasteiger partial charge < -0.3 is 10.6 Å². The Balaban J connectivity index is 1.36. The van der Waals surface area contributed by atoms with Crippen LogP contribution in [0.2, 0.25) is 0 Å². The molecule has 1 saturated heterocycles. The zero-order valence-corrected chi connectivity index (χ0v) is 17.3. The first-order chi connectivity index (χ1) is 15.5. The molecule has 4 aromatic rings. The minimum atomic E-state index is -0.829. The molecule has 1 radical (unpaired) electrons. The average molecular weight is 435 g/mol. The number of primary amides is 1. The van der Waals surface area contributed by atoms with E-state index in [2.05, 4.69) is 25.8 Å². The summed E-state index contributed by atoms with van der Waals surface area (Å²) in [5, 5.41) is 0.801. The van der Waals surface area contributed by atoms with E-state index in [0.717, 1.165) is 30.6 Å². The van der Waals surface area contributed by atoms with Gasteiger partial charge in [-0.25, -0.2) is 23.5 Å². The van der Waals surface area contributed by atoms with Gasteiger partial charge in [-0.2, -0.15) is 0 Å². The molecule has 1 amide bonds. The Morgan fingerprint density at radius 2 is 1.91 bits per heavy atom. The fourth-order valence-corrected chi connectivity index (χ4v) is 4.33. The lowest BCUT2D eigenvalue weighted by Gasteiger charge is -2.35. The highest BCUT2D eigenvalue weighted by molar-refractivity contribution is 6.14. The lowest BCUT2D eigenvalue weighted by Crippen LogP contribution is -2.47. The lowest BCUT2D eigenvalue weighted by atomic mass is 10.1. The van der Waals surface area contributed by atoms with Crippen LogP contribution in [0.4, 0.5) is 19.4 Å². The molecule has 7 nitrogen and oxygen atoms in total. The molecule has 3 heterocycles. The summed E-state index contributed by atoms with van der Waals surface area (Å²) in [5.74, 6) is -0.974. The van der Waals surface area contributed by atoms with Crippen LogP contribution in [0, 0.1) is 17.7 Å². The molecule has 0 saturated carbocycles. The summed E-state index contributed by atoms with van der Waals surface area (Å²) in [5.41, 5.74) is 8.43. The molecule has 9 heteroatoms. The quantitative estimate of drug-likeness (QED) is 0.533. The van der Waals surface area contributed by atoms with E-state index in [-0.39, 0.29) is 0 Å². The molecule has 2 aromatic carbocycles. The number of carbonyl (C=O) groups excluding carboxylic acids is 1. The predicted octanol–water partition coefficient (Wildman–Crippen LogP) is 2.95. The highest BCUT2D eigenvalue weighted by Crippen LogP contribution is 2.32. The van der Waals surface area contributed by atoms with Gasteiger partial charge in [-0.1, -0.05) is 12.1 Å². The van der Waals surface area contributed by atoms with Gasteiger partial charge in [-0.05, 0) is 42.3 Å². The largest absolute Gasteiger partial charge is 0.352 e. The SMILES string of the molecule is NC(=O)n1c2cc[c]cc2c2ncnc(N3CCN(CCc4ccc(F)c(F)c4)CC3)c21. The van der Waals surface area contributed by atoms with Crippen LogP contribution in [0.25, 0.3) is 21.9 Å². The number of rotatable bonds is 4. The standard InChI is InChI=1S/C23H21F2N6O/c24-17-6-5-15(13-18(17)25)7-8-29-9-11-30(12-10-29)22-21-20(27-14-28-22)16-3-1-2-4-19(16)31(21)23(26)32/h2-6,13-14H,7-12H2,(H2,26,32). The molecular formula is C23H21F2N6O. The van der Waals surface area contributed by atoms with E-state index < -0.39 is 17.7 Å². The molecule has 5 rings (SSSR count). The number of benzene rings is 2. The Kier molecular flexibility index (Phi) is 5.18. The number of hydrogen-bond acceptors (Lipinski definition) is 5. The summed E-state index contributed by atoms with van der Waals surface area (Å²) in [7, 11) is 0. The Hall–Kier alpha value is -3.59. The fourth-order valence-electron chi connectivity index (χ4n) is 4.33. The summed E-state index contributed by atoms with van der Waals surface area (Å²) in [4.78, 5) is 25.6. The molecule has 1 aliphatic rings. The molecule has 0 unspecified atom stereocenters. The van der Waals surface area contributed by atoms with Gasteiger partial charge in [0.1, 0.15) is 17.4 Å². The van der Waals surface area contributed by atoms with E-state index in [0.29, 0.717) is 41.9 Å². The molecule has 163 valence electrons. The molecule has 0 bridgehead atoms. The van der Waals surface area contributed by atoms with Crippen LogP contribution in [0.1, 0.15) is 5.56 Å². The van der Waals surface area contributed by atoms with Crippen LogP contribution in [0.5, 0.6) is 0 Å². The van der Waals surface area contributed by atoms with Crippen molar-refractivity contribution in [2.75, 3.05) is 37.6 Å². The van der Waals surface area contributed by atoms with Crippen molar-refractivity contribution in [1.29, 1.82) is 0 Å². The molecule has 2 aromatic heterocycles. The minimum absolute atomic E-state index is 0.586. The normalized spacial score (nSPS) is 15.0. The Labute approximate surface area is 183 Å². The number of carbonyl (C=O) groups is 1. The smallest absolute Gasteiger partial charge is 0.324 e. The molecule has 1 fully saturated rings. The highest BCUT2D eigenvalue weighted by atomic mass is 19.2. The molecule has 0 atom stereocenters. The molecule has 32 heavy (non-hydrogen) atoms. The highest BCUT2D eigenvalue weighted by Gasteiger charge is 2.24. The third-order valence-corrected chi connectivity index (χ3v) is 5.96. The van der Waals surface area contributed by atoms with Crippen molar-refractivity contribution >= 4 is 33.8 Å². The van der Waals surface area contributed by atoms with Crippen LogP contribution in [-0.2, 0) is 6.42 Å². The van der Waals surface area contributed by atoms with Crippen molar-refractivity contribution in [2.45, 2.75) is 6.42 Å². The van der Waals surface area contributed by atoms with Crippen LogP contribution >= 0.6 is 0 Å². The zero-order chi connectivity index (χ0) is 22.2. The summed E-state index contributed by atoms with van der Waals surface area (Å²) < 4.78 is 28.0. The number of anilines is 1. The van der Waals surface area contributed by atoms with E-state index in [1.54, 1.807) is 24.3 Å². The number of hydrogen-bond donors (Lipinski definition) is 1. The van der Waals surface area contributed by atoms with Crippen LogP contribution < -0.4 is 10.6 Å². The van der Waals surface area contributed by atoms with Gasteiger partial charge in [0.05, 0.1) is 5.52 Å². The van der Waals surface area contributed by atoms with Crippen molar-refractivity contribution < 1.29 is 13.6 Å². The van der Waals surface area contributed by atoms with Gasteiger partial charge in [-0.15, -0.1) is 0 Å². The maximum Gasteiger partial charge on any atom is 0.324 e. The van der Waals surface area contributed by atoms with Gasteiger partial charge >= 0.3 is 6.03 Å². The van der Waals surface area contributed by atoms with Crippen LogP contribution in [0.3, 0.4) is 0 Å². The number of fused-ring (bicyclic) bond motifs is 3. The molecular weight excluding hydrogens is 414 g/mol. The second-order valence-corrected chi connectivity index (χ2v) is 7.84. The van der Waals surface area contributed by atoms with Gasteiger partial charge in [0.15, 0.2) is 17.5 Å². The average Bonchev–Trinajstić information content (AvgIpc) is 3.15. The van der Waals surface area contributed by atoms with Crippen molar-refractivity contribution in [3.05, 3.63) is 66.0 Å². The lowest BCUT2D eigenvalue weighted by molar-refractivity contribution is 0.251. The second-order valence-electron chi connectivity index (χ2n) is 7.84. The van der Waals surface area contributed by atoms with E-state index in [4.69, 9.17) is 5.73 Å². The van der Waals surface area contributed by atoms with Gasteiger partial charge in [0.25, 0.3) is 0 Å². The monoisotopic (exact) mass is 435 g/mol. The first kappa shape index (κ1) is 20.3. The van der Waals surface area contributed by atoms with Gasteiger partial charge in [0.2, 0.25) is 0 Å². The number of nitrogens with two attached hydrogens (primary N) is 1. The van der Waals surface area contributed by atoms with Crippen molar-refractivity contribution in [3.63, 3.8) is 0 Å². The number of aromatic nitrogens is 3.